The van der Waals surface area contributed by atoms with Crippen molar-refractivity contribution in [2.45, 2.75) is 46.1 Å². The molecule has 0 N–H and O–H groups in total. The Hall–Kier alpha value is -3.41. The quantitative estimate of drug-likeness (QED) is 0.328. The minimum Gasteiger partial charge on any atom is -0.482 e. The summed E-state index contributed by atoms with van der Waals surface area (Å²) in [5.41, 5.74) is 2.29. The highest BCUT2D eigenvalue weighted by Crippen LogP contribution is 2.23. The van der Waals surface area contributed by atoms with Gasteiger partial charge in [0.2, 0.25) is 5.78 Å². The van der Waals surface area contributed by atoms with Crippen LogP contribution in [0.3, 0.4) is 0 Å². The molecule has 6 heteroatoms. The van der Waals surface area contributed by atoms with Crippen molar-refractivity contribution in [2.24, 2.45) is 0 Å². The van der Waals surface area contributed by atoms with Crippen molar-refractivity contribution in [1.29, 1.82) is 0 Å². The van der Waals surface area contributed by atoms with E-state index in [2.05, 4.69) is 20.8 Å². The number of carbonyl (C=O) groups is 2. The number of ether oxygens (including phenoxy) is 2. The van der Waals surface area contributed by atoms with Gasteiger partial charge in [0.1, 0.15) is 11.3 Å². The van der Waals surface area contributed by atoms with Crippen LogP contribution in [0, 0.1) is 6.92 Å². The van der Waals surface area contributed by atoms with Gasteiger partial charge in [-0.1, -0.05) is 45.0 Å². The Morgan fingerprint density at radius 1 is 1.03 bits per heavy atom. The average Bonchev–Trinajstić information content (AvgIpc) is 2.70. The van der Waals surface area contributed by atoms with Crippen molar-refractivity contribution in [1.82, 2.24) is 0 Å². The molecule has 2 aromatic carbocycles. The molecule has 1 aromatic heterocycles. The van der Waals surface area contributed by atoms with Crippen LogP contribution in [0.5, 0.6) is 5.75 Å². The molecule has 0 spiro atoms. The zero-order chi connectivity index (χ0) is 22.8. The normalized spacial score (nSPS) is 12.4. The SMILES string of the molecule is Cc1cc(=O)oc2cc(OCC(=O)O[C@@H](C)C(=O)c3ccc(C(C)(C)C)cc3)ccc12. The molecular formula is C25H26O6. The Kier molecular flexibility index (Phi) is 6.29. The summed E-state index contributed by atoms with van der Waals surface area (Å²) in [6.07, 6.45) is -0.936. The number of esters is 1. The molecule has 0 fully saturated rings. The van der Waals surface area contributed by atoms with Crippen LogP contribution in [-0.2, 0) is 14.9 Å². The van der Waals surface area contributed by atoms with E-state index < -0.39 is 17.7 Å². The number of benzene rings is 2. The fourth-order valence-electron chi connectivity index (χ4n) is 3.19. The number of ketones is 1. The van der Waals surface area contributed by atoms with E-state index in [-0.39, 0.29) is 17.8 Å². The maximum absolute atomic E-state index is 12.6. The summed E-state index contributed by atoms with van der Waals surface area (Å²) in [7, 11) is 0. The molecule has 0 radical (unpaired) electrons. The van der Waals surface area contributed by atoms with Gasteiger partial charge >= 0.3 is 11.6 Å². The second-order valence-corrected chi connectivity index (χ2v) is 8.52. The van der Waals surface area contributed by atoms with E-state index in [0.29, 0.717) is 16.9 Å². The predicted octanol–water partition coefficient (Wildman–Crippen LogP) is 4.59. The molecule has 1 atom stereocenters. The van der Waals surface area contributed by atoms with Gasteiger partial charge in [0.25, 0.3) is 0 Å². The van der Waals surface area contributed by atoms with Crippen LogP contribution in [0.4, 0.5) is 0 Å². The summed E-state index contributed by atoms with van der Waals surface area (Å²) in [6.45, 7) is 9.26. The van der Waals surface area contributed by atoms with Crippen LogP contribution in [0.15, 0.2) is 57.7 Å². The van der Waals surface area contributed by atoms with E-state index in [0.717, 1.165) is 16.5 Å². The number of carbonyl (C=O) groups excluding carboxylic acids is 2. The molecule has 31 heavy (non-hydrogen) atoms. The third-order valence-corrected chi connectivity index (χ3v) is 4.99. The van der Waals surface area contributed by atoms with Gasteiger partial charge in [0, 0.05) is 23.1 Å². The van der Waals surface area contributed by atoms with E-state index in [1.165, 1.54) is 13.0 Å². The molecule has 0 saturated carbocycles. The summed E-state index contributed by atoms with van der Waals surface area (Å²) in [5.74, 6) is -0.593. The molecule has 0 unspecified atom stereocenters. The van der Waals surface area contributed by atoms with E-state index in [4.69, 9.17) is 13.9 Å². The topological polar surface area (TPSA) is 82.8 Å². The van der Waals surface area contributed by atoms with Gasteiger partial charge in [-0.05, 0) is 42.5 Å². The number of hydrogen-bond donors (Lipinski definition) is 0. The van der Waals surface area contributed by atoms with Gasteiger partial charge in [-0.2, -0.15) is 0 Å². The van der Waals surface area contributed by atoms with Crippen LogP contribution in [0.2, 0.25) is 0 Å². The maximum Gasteiger partial charge on any atom is 0.344 e. The Labute approximate surface area is 180 Å². The smallest absolute Gasteiger partial charge is 0.344 e. The average molecular weight is 422 g/mol. The van der Waals surface area contributed by atoms with Gasteiger partial charge in [-0.15, -0.1) is 0 Å². The lowest BCUT2D eigenvalue weighted by Gasteiger charge is -2.19. The first kappa shape index (κ1) is 22.3. The number of hydrogen-bond acceptors (Lipinski definition) is 6. The minimum absolute atomic E-state index is 0.0129. The molecule has 0 amide bonds. The molecule has 3 aromatic rings. The van der Waals surface area contributed by atoms with Crippen LogP contribution in [0.25, 0.3) is 11.0 Å². The highest BCUT2D eigenvalue weighted by atomic mass is 16.6. The first-order valence-electron chi connectivity index (χ1n) is 10.1. The number of rotatable bonds is 6. The number of fused-ring (bicyclic) bond motifs is 1. The van der Waals surface area contributed by atoms with Crippen molar-refractivity contribution < 1.29 is 23.5 Å². The fourth-order valence-corrected chi connectivity index (χ4v) is 3.19. The monoisotopic (exact) mass is 422 g/mol. The predicted molar refractivity (Wildman–Crippen MR) is 118 cm³/mol. The zero-order valence-electron chi connectivity index (χ0n) is 18.4. The summed E-state index contributed by atoms with van der Waals surface area (Å²) in [6, 6.07) is 13.7. The van der Waals surface area contributed by atoms with Crippen molar-refractivity contribution in [3.05, 3.63) is 75.6 Å². The third kappa shape index (κ3) is 5.40. The second kappa shape index (κ2) is 8.76. The number of Topliss-reactive ketones (excluding diaryl/α,β-unsaturated/α-hetero) is 1. The minimum atomic E-state index is -0.936. The lowest BCUT2D eigenvalue weighted by molar-refractivity contribution is -0.148. The molecule has 0 aliphatic carbocycles. The van der Waals surface area contributed by atoms with Gasteiger partial charge in [-0.25, -0.2) is 9.59 Å². The molecule has 0 saturated heterocycles. The highest BCUT2D eigenvalue weighted by Gasteiger charge is 2.21. The van der Waals surface area contributed by atoms with Crippen molar-refractivity contribution in [3.63, 3.8) is 0 Å². The van der Waals surface area contributed by atoms with Gasteiger partial charge in [-0.3, -0.25) is 4.79 Å². The molecule has 162 valence electrons. The Bertz CT molecular complexity index is 1170. The van der Waals surface area contributed by atoms with E-state index >= 15 is 0 Å². The van der Waals surface area contributed by atoms with E-state index in [1.54, 1.807) is 30.3 Å². The Morgan fingerprint density at radius 2 is 1.71 bits per heavy atom. The van der Waals surface area contributed by atoms with E-state index in [9.17, 15) is 14.4 Å². The first-order valence-corrected chi connectivity index (χ1v) is 10.1. The molecule has 0 aliphatic heterocycles. The standard InChI is InChI=1S/C25H26O6/c1-15-12-22(26)31-21-13-19(10-11-20(15)21)29-14-23(27)30-16(2)24(28)17-6-8-18(9-7-17)25(3,4)5/h6-13,16H,14H2,1-5H3/t16-/m0/s1. The van der Waals surface area contributed by atoms with E-state index in [1.807, 2.05) is 19.1 Å². The molecule has 0 aliphatic rings. The lowest BCUT2D eigenvalue weighted by atomic mass is 9.86. The van der Waals surface area contributed by atoms with Crippen LogP contribution >= 0.6 is 0 Å². The molecule has 0 bridgehead atoms. The summed E-state index contributed by atoms with van der Waals surface area (Å²) >= 11 is 0. The Morgan fingerprint density at radius 3 is 2.35 bits per heavy atom. The summed E-state index contributed by atoms with van der Waals surface area (Å²) in [4.78, 5) is 36.3. The fraction of sp³-hybridized carbons (Fsp3) is 0.320. The highest BCUT2D eigenvalue weighted by molar-refractivity contribution is 6.00. The van der Waals surface area contributed by atoms with Crippen molar-refractivity contribution >= 4 is 22.7 Å². The molecule has 3 rings (SSSR count). The van der Waals surface area contributed by atoms with Crippen LogP contribution in [-0.4, -0.2) is 24.5 Å². The first-order chi connectivity index (χ1) is 14.5. The third-order valence-electron chi connectivity index (χ3n) is 4.99. The largest absolute Gasteiger partial charge is 0.482 e. The van der Waals surface area contributed by atoms with Gasteiger partial charge < -0.3 is 13.9 Å². The summed E-state index contributed by atoms with van der Waals surface area (Å²) < 4.78 is 15.8. The van der Waals surface area contributed by atoms with Gasteiger partial charge in [0.15, 0.2) is 12.7 Å². The van der Waals surface area contributed by atoms with Crippen LogP contribution in [0.1, 0.15) is 49.2 Å². The van der Waals surface area contributed by atoms with Crippen molar-refractivity contribution in [2.75, 3.05) is 6.61 Å². The molecule has 6 nitrogen and oxygen atoms in total. The molecular weight excluding hydrogens is 396 g/mol. The Balaban J connectivity index is 1.59. The molecule has 1 heterocycles. The maximum atomic E-state index is 12.6. The lowest BCUT2D eigenvalue weighted by Crippen LogP contribution is -2.27. The van der Waals surface area contributed by atoms with Crippen LogP contribution < -0.4 is 10.4 Å². The summed E-state index contributed by atoms with van der Waals surface area (Å²) in [5, 5.41) is 0.784. The number of aryl methyl sites for hydroxylation is 1. The second-order valence-electron chi connectivity index (χ2n) is 8.52. The van der Waals surface area contributed by atoms with Gasteiger partial charge in [0.05, 0.1) is 0 Å². The zero-order valence-corrected chi connectivity index (χ0v) is 18.4. The van der Waals surface area contributed by atoms with Crippen molar-refractivity contribution in [3.8, 4) is 5.75 Å².